The predicted molar refractivity (Wildman–Crippen MR) is 172 cm³/mol. The van der Waals surface area contributed by atoms with Crippen molar-refractivity contribution in [3.8, 4) is 0 Å². The van der Waals surface area contributed by atoms with Gasteiger partial charge in [0.05, 0.1) is 11.4 Å². The number of hydrogen-bond acceptors (Lipinski definition) is 9. The van der Waals surface area contributed by atoms with E-state index in [0.29, 0.717) is 56.4 Å². The second-order valence-electron chi connectivity index (χ2n) is 10.6. The molecule has 2 unspecified atom stereocenters. The maximum absolute atomic E-state index is 15.4. The van der Waals surface area contributed by atoms with E-state index in [4.69, 9.17) is 22.9 Å². The SMILES string of the molecule is NCc1ccccc1N1C(CF)=Nc2ccc(N)cc2C1C(=O)C1c2cc(N)ccc2N=C(CF)N1c1ccccc1CN. The van der Waals surface area contributed by atoms with Gasteiger partial charge in [-0.2, -0.15) is 0 Å². The molecule has 44 heavy (non-hydrogen) atoms. The Kier molecular flexibility index (Phi) is 7.81. The fourth-order valence-electron chi connectivity index (χ4n) is 6.04. The second kappa shape index (κ2) is 11.9. The fourth-order valence-corrected chi connectivity index (χ4v) is 6.04. The van der Waals surface area contributed by atoms with E-state index < -0.39 is 31.2 Å². The molecule has 2 aliphatic rings. The van der Waals surface area contributed by atoms with Crippen LogP contribution in [0.25, 0.3) is 0 Å². The number of carbonyl (C=O) groups excluding carboxylic acids is 1. The summed E-state index contributed by atoms with van der Waals surface area (Å²) in [5, 5.41) is 0. The van der Waals surface area contributed by atoms with Gasteiger partial charge in [-0.15, -0.1) is 0 Å². The van der Waals surface area contributed by atoms with Crippen molar-refractivity contribution < 1.29 is 13.6 Å². The number of halogens is 2. The minimum atomic E-state index is -1.13. The van der Waals surface area contributed by atoms with Crippen LogP contribution in [0, 0.1) is 0 Å². The first-order chi connectivity index (χ1) is 21.4. The van der Waals surface area contributed by atoms with Crippen LogP contribution in [0.15, 0.2) is 94.9 Å². The van der Waals surface area contributed by atoms with Gasteiger partial charge >= 0.3 is 0 Å². The standard InChI is InChI=1S/C33H32F2N8O/c34-15-29-40-25-11-9-21(38)13-23(25)31(42(29)27-7-3-1-5-19(27)17-36)33(44)32-24-14-22(39)10-12-26(24)41-30(16-35)43(32)28-8-4-2-6-20(28)18-37/h1-14,31-32H,15-18,36-39H2. The first kappa shape index (κ1) is 29.0. The molecule has 0 radical (unpaired) electrons. The smallest absolute Gasteiger partial charge is 0.187 e. The molecule has 0 saturated heterocycles. The lowest BCUT2D eigenvalue weighted by molar-refractivity contribution is -0.121. The number of nitrogens with zero attached hydrogens (tertiary/aromatic N) is 4. The minimum absolute atomic E-state index is 0.0263. The molecule has 0 spiro atoms. The molecule has 11 heteroatoms. The number of nitrogens with two attached hydrogens (primary N) is 4. The van der Waals surface area contributed by atoms with Crippen LogP contribution in [0.1, 0.15) is 34.3 Å². The number of benzene rings is 4. The van der Waals surface area contributed by atoms with Crippen LogP contribution in [0.4, 0.5) is 42.9 Å². The highest BCUT2D eigenvalue weighted by atomic mass is 19.1. The molecule has 2 atom stereocenters. The Hall–Kier alpha value is -5.13. The molecule has 2 aliphatic heterocycles. The molecule has 224 valence electrons. The van der Waals surface area contributed by atoms with E-state index in [0.717, 1.165) is 0 Å². The van der Waals surface area contributed by atoms with Gasteiger partial charge in [0, 0.05) is 47.0 Å². The summed E-state index contributed by atoms with van der Waals surface area (Å²) in [6.07, 6.45) is 0. The number of ketones is 1. The topological polar surface area (TPSA) is 152 Å². The van der Waals surface area contributed by atoms with E-state index in [1.54, 1.807) is 70.5 Å². The number of carbonyl (C=O) groups is 1. The summed E-state index contributed by atoms with van der Waals surface area (Å²) in [6.45, 7) is -1.65. The monoisotopic (exact) mass is 594 g/mol. The summed E-state index contributed by atoms with van der Waals surface area (Å²) < 4.78 is 29.8. The Morgan fingerprint density at radius 1 is 0.659 bits per heavy atom. The molecule has 8 N–H and O–H groups in total. The highest BCUT2D eigenvalue weighted by Crippen LogP contribution is 2.47. The van der Waals surface area contributed by atoms with E-state index >= 15 is 4.79 Å². The molecule has 0 bridgehead atoms. The average molecular weight is 595 g/mol. The number of aliphatic imine (C=N–C) groups is 2. The van der Waals surface area contributed by atoms with Crippen molar-refractivity contribution in [2.24, 2.45) is 21.5 Å². The van der Waals surface area contributed by atoms with Crippen molar-refractivity contribution in [3.63, 3.8) is 0 Å². The molecule has 0 fully saturated rings. The summed E-state index contributed by atoms with van der Waals surface area (Å²) in [5.74, 6) is -0.346. The van der Waals surface area contributed by atoms with Gasteiger partial charge in [0.25, 0.3) is 0 Å². The van der Waals surface area contributed by atoms with Crippen LogP contribution in [0.5, 0.6) is 0 Å². The van der Waals surface area contributed by atoms with Crippen molar-refractivity contribution >= 4 is 51.6 Å². The summed E-state index contributed by atoms with van der Waals surface area (Å²) in [7, 11) is 0. The Balaban J connectivity index is 1.64. The van der Waals surface area contributed by atoms with Gasteiger partial charge in [0.15, 0.2) is 5.78 Å². The van der Waals surface area contributed by atoms with Gasteiger partial charge in [-0.1, -0.05) is 36.4 Å². The molecular weight excluding hydrogens is 562 g/mol. The Labute approximate surface area is 253 Å². The number of fused-ring (bicyclic) bond motifs is 2. The molecular formula is C33H32F2N8O. The molecule has 0 aliphatic carbocycles. The zero-order valence-electron chi connectivity index (χ0n) is 23.8. The molecule has 0 aromatic heterocycles. The number of rotatable bonds is 8. The number of nitrogen functional groups attached to an aromatic ring is 2. The molecule has 0 saturated carbocycles. The lowest BCUT2D eigenvalue weighted by atomic mass is 9.86. The van der Waals surface area contributed by atoms with Gasteiger partial charge in [0.1, 0.15) is 37.1 Å². The van der Waals surface area contributed by atoms with Crippen molar-refractivity contribution in [2.45, 2.75) is 25.2 Å². The van der Waals surface area contributed by atoms with Crippen molar-refractivity contribution in [2.75, 3.05) is 34.6 Å². The number of para-hydroxylation sites is 2. The van der Waals surface area contributed by atoms with Gasteiger partial charge in [-0.25, -0.2) is 18.8 Å². The highest BCUT2D eigenvalue weighted by molar-refractivity contribution is 6.15. The van der Waals surface area contributed by atoms with Crippen molar-refractivity contribution in [1.29, 1.82) is 0 Å². The van der Waals surface area contributed by atoms with Gasteiger partial charge in [-0.05, 0) is 59.7 Å². The van der Waals surface area contributed by atoms with E-state index in [-0.39, 0.29) is 24.8 Å². The third-order valence-corrected chi connectivity index (χ3v) is 7.98. The van der Waals surface area contributed by atoms with E-state index in [2.05, 4.69) is 9.98 Å². The second-order valence-corrected chi connectivity index (χ2v) is 10.6. The maximum atomic E-state index is 15.4. The number of anilines is 4. The largest absolute Gasteiger partial charge is 0.399 e. The lowest BCUT2D eigenvalue weighted by Gasteiger charge is -2.43. The maximum Gasteiger partial charge on any atom is 0.187 e. The first-order valence-electron chi connectivity index (χ1n) is 14.1. The normalized spacial score (nSPS) is 17.5. The summed E-state index contributed by atoms with van der Waals surface area (Å²) in [4.78, 5) is 27.8. The molecule has 2 heterocycles. The third kappa shape index (κ3) is 4.85. The molecule has 9 nitrogen and oxygen atoms in total. The molecule has 4 aromatic rings. The third-order valence-electron chi connectivity index (χ3n) is 7.98. The number of hydrogen-bond donors (Lipinski definition) is 4. The van der Waals surface area contributed by atoms with Crippen LogP contribution in [-0.2, 0) is 17.9 Å². The number of alkyl halides is 2. The zero-order valence-corrected chi connectivity index (χ0v) is 23.8. The van der Waals surface area contributed by atoms with Crippen LogP contribution in [0.3, 0.4) is 0 Å². The van der Waals surface area contributed by atoms with E-state index in [1.807, 2.05) is 24.3 Å². The average Bonchev–Trinajstić information content (AvgIpc) is 3.06. The van der Waals surface area contributed by atoms with Crippen LogP contribution in [-0.4, -0.2) is 30.8 Å². The summed E-state index contributed by atoms with van der Waals surface area (Å²) in [5.41, 5.74) is 29.7. The van der Waals surface area contributed by atoms with Crippen LogP contribution >= 0.6 is 0 Å². The Morgan fingerprint density at radius 2 is 1.07 bits per heavy atom. The lowest BCUT2D eigenvalue weighted by Crippen LogP contribution is -2.50. The summed E-state index contributed by atoms with van der Waals surface area (Å²) in [6, 6.07) is 22.1. The number of amidine groups is 2. The first-order valence-corrected chi connectivity index (χ1v) is 14.1. The quantitative estimate of drug-likeness (QED) is 0.206. The predicted octanol–water partition coefficient (Wildman–Crippen LogP) is 5.16. The fraction of sp³-hybridized carbons (Fsp3) is 0.182. The molecule has 6 rings (SSSR count). The van der Waals surface area contributed by atoms with Gasteiger partial charge in [0.2, 0.25) is 0 Å². The van der Waals surface area contributed by atoms with E-state index in [1.165, 1.54) is 0 Å². The minimum Gasteiger partial charge on any atom is -0.399 e. The zero-order chi connectivity index (χ0) is 31.0. The molecule has 4 aromatic carbocycles. The van der Waals surface area contributed by atoms with Gasteiger partial charge < -0.3 is 32.7 Å². The van der Waals surface area contributed by atoms with Crippen molar-refractivity contribution in [3.05, 3.63) is 107 Å². The Bertz CT molecular complexity index is 1680. The van der Waals surface area contributed by atoms with Crippen LogP contribution < -0.4 is 32.7 Å². The summed E-state index contributed by atoms with van der Waals surface area (Å²) >= 11 is 0. The van der Waals surface area contributed by atoms with Gasteiger partial charge in [-0.3, -0.25) is 4.79 Å². The molecule has 0 amide bonds. The van der Waals surface area contributed by atoms with Crippen molar-refractivity contribution in [1.82, 2.24) is 0 Å². The number of Topliss-reactive ketones (excluding diaryl/α,β-unsaturated/α-hetero) is 1. The highest BCUT2D eigenvalue weighted by Gasteiger charge is 2.45. The van der Waals surface area contributed by atoms with Crippen LogP contribution in [0.2, 0.25) is 0 Å². The van der Waals surface area contributed by atoms with E-state index in [9.17, 15) is 8.78 Å². The Morgan fingerprint density at radius 3 is 1.45 bits per heavy atom.